The molecule has 0 aliphatic carbocycles. The van der Waals surface area contributed by atoms with Gasteiger partial charge in [0.2, 0.25) is 11.8 Å². The number of benzene rings is 2. The zero-order valence-corrected chi connectivity index (χ0v) is 16.7. The Morgan fingerprint density at radius 1 is 1.00 bits per heavy atom. The Morgan fingerprint density at radius 3 is 2.15 bits per heavy atom. The number of halogens is 3. The summed E-state index contributed by atoms with van der Waals surface area (Å²) < 4.78 is 0. The van der Waals surface area contributed by atoms with Gasteiger partial charge in [-0.25, -0.2) is 0 Å². The third kappa shape index (κ3) is 4.91. The third-order valence-electron chi connectivity index (χ3n) is 4.10. The standard InChI is InChI=1S/C19H19Cl3N2O2/c1-12(19(26)23-2)24(11-14-16(21)8-5-9-17(14)22)18(25)10-13-6-3-4-7-15(13)20/h3-9,12H,10-11H2,1-2H3,(H,23,26)/t12-/m1/s1. The summed E-state index contributed by atoms with van der Waals surface area (Å²) in [6, 6.07) is 11.5. The lowest BCUT2D eigenvalue weighted by Gasteiger charge is -2.29. The number of rotatable bonds is 6. The first-order valence-corrected chi connectivity index (χ1v) is 9.16. The number of hydrogen-bond acceptors (Lipinski definition) is 2. The van der Waals surface area contributed by atoms with E-state index in [1.54, 1.807) is 43.3 Å². The fourth-order valence-electron chi connectivity index (χ4n) is 2.55. The third-order valence-corrected chi connectivity index (χ3v) is 5.18. The van der Waals surface area contributed by atoms with Crippen LogP contribution in [0.3, 0.4) is 0 Å². The maximum absolute atomic E-state index is 13.0. The van der Waals surface area contributed by atoms with E-state index in [0.717, 1.165) is 0 Å². The highest BCUT2D eigenvalue weighted by Gasteiger charge is 2.27. The van der Waals surface area contributed by atoms with Crippen molar-refractivity contribution in [2.24, 2.45) is 0 Å². The Kier molecular flexibility index (Phi) is 7.33. The quantitative estimate of drug-likeness (QED) is 0.765. The van der Waals surface area contributed by atoms with Crippen molar-refractivity contribution < 1.29 is 9.59 Å². The first-order chi connectivity index (χ1) is 12.3. The molecule has 0 aliphatic rings. The summed E-state index contributed by atoms with van der Waals surface area (Å²) in [4.78, 5) is 26.5. The average molecular weight is 414 g/mol. The molecule has 0 aliphatic heterocycles. The van der Waals surface area contributed by atoms with Gasteiger partial charge < -0.3 is 10.2 Å². The molecule has 0 saturated heterocycles. The van der Waals surface area contributed by atoms with E-state index in [1.807, 2.05) is 6.07 Å². The maximum atomic E-state index is 13.0. The number of nitrogens with zero attached hydrogens (tertiary/aromatic N) is 1. The van der Waals surface area contributed by atoms with E-state index in [9.17, 15) is 9.59 Å². The fraction of sp³-hybridized carbons (Fsp3) is 0.263. The zero-order chi connectivity index (χ0) is 19.3. The van der Waals surface area contributed by atoms with Gasteiger partial charge in [0.05, 0.1) is 6.42 Å². The number of hydrogen-bond donors (Lipinski definition) is 1. The summed E-state index contributed by atoms with van der Waals surface area (Å²) in [6.07, 6.45) is 0.0725. The van der Waals surface area contributed by atoms with E-state index in [1.165, 1.54) is 11.9 Å². The lowest BCUT2D eigenvalue weighted by molar-refractivity contribution is -0.139. The van der Waals surface area contributed by atoms with Gasteiger partial charge in [-0.1, -0.05) is 59.1 Å². The highest BCUT2D eigenvalue weighted by molar-refractivity contribution is 6.36. The van der Waals surface area contributed by atoms with Gasteiger partial charge in [0, 0.05) is 34.2 Å². The molecule has 138 valence electrons. The van der Waals surface area contributed by atoms with Crippen LogP contribution in [0.4, 0.5) is 0 Å². The number of likely N-dealkylation sites (N-methyl/N-ethyl adjacent to an activating group) is 1. The van der Waals surface area contributed by atoms with Crippen LogP contribution in [0.2, 0.25) is 15.1 Å². The Bertz CT molecular complexity index is 791. The summed E-state index contributed by atoms with van der Waals surface area (Å²) in [5, 5.41) is 3.95. The Hall–Kier alpha value is -1.75. The second kappa shape index (κ2) is 9.26. The highest BCUT2D eigenvalue weighted by atomic mass is 35.5. The van der Waals surface area contributed by atoms with Crippen molar-refractivity contribution >= 4 is 46.6 Å². The molecule has 0 bridgehead atoms. The number of carbonyl (C=O) groups excluding carboxylic acids is 2. The smallest absolute Gasteiger partial charge is 0.242 e. The molecule has 0 radical (unpaired) electrons. The van der Waals surface area contributed by atoms with Crippen LogP contribution in [0, 0.1) is 0 Å². The molecule has 0 fully saturated rings. The van der Waals surface area contributed by atoms with Crippen molar-refractivity contribution in [3.05, 3.63) is 68.7 Å². The molecule has 0 spiro atoms. The molecule has 26 heavy (non-hydrogen) atoms. The van der Waals surface area contributed by atoms with E-state index in [0.29, 0.717) is 26.2 Å². The van der Waals surface area contributed by atoms with Crippen molar-refractivity contribution in [2.75, 3.05) is 7.05 Å². The van der Waals surface area contributed by atoms with Gasteiger partial charge >= 0.3 is 0 Å². The topological polar surface area (TPSA) is 49.4 Å². The van der Waals surface area contributed by atoms with E-state index < -0.39 is 6.04 Å². The molecule has 4 nitrogen and oxygen atoms in total. The van der Waals surface area contributed by atoms with E-state index in [4.69, 9.17) is 34.8 Å². The van der Waals surface area contributed by atoms with Crippen molar-refractivity contribution in [2.45, 2.75) is 25.9 Å². The number of amides is 2. The molecule has 1 N–H and O–H groups in total. The van der Waals surface area contributed by atoms with Crippen LogP contribution >= 0.6 is 34.8 Å². The Labute approximate surface area is 168 Å². The fourth-order valence-corrected chi connectivity index (χ4v) is 3.27. The molecule has 0 heterocycles. The molecule has 0 saturated carbocycles. The van der Waals surface area contributed by atoms with Crippen molar-refractivity contribution in [1.82, 2.24) is 10.2 Å². The lowest BCUT2D eigenvalue weighted by Crippen LogP contribution is -2.47. The maximum Gasteiger partial charge on any atom is 0.242 e. The summed E-state index contributed by atoms with van der Waals surface area (Å²) in [5.41, 5.74) is 1.29. The Balaban J connectivity index is 2.33. The Morgan fingerprint density at radius 2 is 1.58 bits per heavy atom. The van der Waals surface area contributed by atoms with E-state index in [2.05, 4.69) is 5.32 Å². The van der Waals surface area contributed by atoms with Crippen LogP contribution in [-0.2, 0) is 22.6 Å². The largest absolute Gasteiger partial charge is 0.357 e. The molecule has 2 aromatic carbocycles. The molecule has 1 atom stereocenters. The van der Waals surface area contributed by atoms with Gasteiger partial charge in [-0.2, -0.15) is 0 Å². The summed E-state index contributed by atoms with van der Waals surface area (Å²) in [5.74, 6) is -0.522. The average Bonchev–Trinajstić information content (AvgIpc) is 2.62. The van der Waals surface area contributed by atoms with Crippen molar-refractivity contribution in [1.29, 1.82) is 0 Å². The minimum atomic E-state index is -0.692. The predicted octanol–water partition coefficient (Wildman–Crippen LogP) is 4.35. The van der Waals surface area contributed by atoms with Crippen LogP contribution in [0.1, 0.15) is 18.1 Å². The van der Waals surface area contributed by atoms with E-state index >= 15 is 0 Å². The second-order valence-corrected chi connectivity index (χ2v) is 7.00. The van der Waals surface area contributed by atoms with Gasteiger partial charge in [-0.15, -0.1) is 0 Å². The molecule has 0 unspecified atom stereocenters. The highest BCUT2D eigenvalue weighted by Crippen LogP contribution is 2.27. The van der Waals surface area contributed by atoms with Gasteiger partial charge in [0.15, 0.2) is 0 Å². The first kappa shape index (κ1) is 20.6. The van der Waals surface area contributed by atoms with Crippen LogP contribution in [0.25, 0.3) is 0 Å². The van der Waals surface area contributed by atoms with Crippen LogP contribution in [-0.4, -0.2) is 29.8 Å². The number of carbonyl (C=O) groups is 2. The predicted molar refractivity (Wildman–Crippen MR) is 106 cm³/mol. The van der Waals surface area contributed by atoms with Gasteiger partial charge in [0.25, 0.3) is 0 Å². The molecular formula is C19H19Cl3N2O2. The molecule has 0 aromatic heterocycles. The molecule has 7 heteroatoms. The molecule has 2 rings (SSSR count). The van der Waals surface area contributed by atoms with E-state index in [-0.39, 0.29) is 24.8 Å². The lowest BCUT2D eigenvalue weighted by atomic mass is 10.1. The first-order valence-electron chi connectivity index (χ1n) is 8.02. The number of nitrogens with one attached hydrogen (secondary N) is 1. The zero-order valence-electron chi connectivity index (χ0n) is 14.4. The molecule has 2 aromatic rings. The monoisotopic (exact) mass is 412 g/mol. The second-order valence-electron chi connectivity index (χ2n) is 5.78. The van der Waals surface area contributed by atoms with Crippen molar-refractivity contribution in [3.8, 4) is 0 Å². The summed E-state index contributed by atoms with van der Waals surface area (Å²) in [6.45, 7) is 1.78. The van der Waals surface area contributed by atoms with Crippen molar-refractivity contribution in [3.63, 3.8) is 0 Å². The summed E-state index contributed by atoms with van der Waals surface area (Å²) in [7, 11) is 1.53. The molecule has 2 amide bonds. The summed E-state index contributed by atoms with van der Waals surface area (Å²) >= 11 is 18.6. The van der Waals surface area contributed by atoms with Gasteiger partial charge in [-0.3, -0.25) is 9.59 Å². The normalized spacial score (nSPS) is 11.7. The van der Waals surface area contributed by atoms with Crippen LogP contribution in [0.5, 0.6) is 0 Å². The van der Waals surface area contributed by atoms with Crippen LogP contribution in [0.15, 0.2) is 42.5 Å². The molecular weight excluding hydrogens is 395 g/mol. The minimum absolute atomic E-state index is 0.0725. The van der Waals surface area contributed by atoms with Crippen LogP contribution < -0.4 is 5.32 Å². The van der Waals surface area contributed by atoms with Gasteiger partial charge in [0.1, 0.15) is 6.04 Å². The minimum Gasteiger partial charge on any atom is -0.357 e. The van der Waals surface area contributed by atoms with Gasteiger partial charge in [-0.05, 0) is 30.7 Å². The SMILES string of the molecule is CNC(=O)[C@@H](C)N(Cc1c(Cl)cccc1Cl)C(=O)Cc1ccccc1Cl.